The summed E-state index contributed by atoms with van der Waals surface area (Å²) in [4.78, 5) is 1.86. The number of halogens is 3. The van der Waals surface area contributed by atoms with E-state index in [4.69, 9.17) is 0 Å². The molecule has 0 aromatic heterocycles. The molecule has 1 aliphatic heterocycles. The lowest BCUT2D eigenvalue weighted by molar-refractivity contribution is -0.138. The maximum atomic E-state index is 12.1. The molecule has 19 heavy (non-hydrogen) atoms. The molecule has 106 valence electrons. The number of nitrogens with one attached hydrogen (secondary N) is 1. The van der Waals surface area contributed by atoms with Crippen molar-refractivity contribution in [3.8, 4) is 0 Å². The fourth-order valence-electron chi connectivity index (χ4n) is 2.06. The summed E-state index contributed by atoms with van der Waals surface area (Å²) in [6.07, 6.45) is -4.78. The van der Waals surface area contributed by atoms with Gasteiger partial charge in [-0.05, 0) is 12.1 Å². The Labute approximate surface area is 111 Å². The molecule has 0 saturated carbocycles. The Bertz CT molecular complexity index is 372. The second kappa shape index (κ2) is 6.25. The average Bonchev–Trinajstić information content (AvgIpc) is 2.38. The molecule has 1 saturated heterocycles. The van der Waals surface area contributed by atoms with Crippen LogP contribution in [0.5, 0.6) is 0 Å². The first-order valence-electron chi connectivity index (χ1n) is 6.39. The van der Waals surface area contributed by atoms with Crippen molar-refractivity contribution in [2.45, 2.75) is 12.6 Å². The first kappa shape index (κ1) is 14.1. The molecule has 2 rings (SSSR count). The number of para-hydroxylation sites is 1. The number of hydrazine groups is 1. The summed E-state index contributed by atoms with van der Waals surface area (Å²) >= 11 is 0. The van der Waals surface area contributed by atoms with Crippen LogP contribution in [0.1, 0.15) is 6.42 Å². The second-order valence-electron chi connectivity index (χ2n) is 4.67. The third-order valence-corrected chi connectivity index (χ3v) is 3.14. The van der Waals surface area contributed by atoms with E-state index in [9.17, 15) is 13.2 Å². The van der Waals surface area contributed by atoms with Gasteiger partial charge in [0, 0.05) is 38.4 Å². The van der Waals surface area contributed by atoms with Crippen molar-refractivity contribution in [2.75, 3.05) is 38.1 Å². The van der Waals surface area contributed by atoms with Gasteiger partial charge in [0.1, 0.15) is 0 Å². The van der Waals surface area contributed by atoms with Crippen molar-refractivity contribution in [1.29, 1.82) is 0 Å². The van der Waals surface area contributed by atoms with Crippen LogP contribution in [0.15, 0.2) is 30.3 Å². The third kappa shape index (κ3) is 5.08. The minimum absolute atomic E-state index is 0.0999. The van der Waals surface area contributed by atoms with Crippen molar-refractivity contribution in [1.82, 2.24) is 9.91 Å². The predicted molar refractivity (Wildman–Crippen MR) is 68.7 cm³/mol. The standard InChI is InChI=1S/C13H18F3N3/c14-13(15,16)6-7-18-8-10-19(11-9-18)17-12-4-2-1-3-5-12/h1-5,17H,6-11H2. The maximum Gasteiger partial charge on any atom is 0.390 e. The van der Waals surface area contributed by atoms with Gasteiger partial charge in [0.25, 0.3) is 0 Å². The smallest absolute Gasteiger partial charge is 0.319 e. The van der Waals surface area contributed by atoms with Gasteiger partial charge >= 0.3 is 6.18 Å². The Morgan fingerprint density at radius 1 is 1.00 bits per heavy atom. The molecule has 3 nitrogen and oxygen atoms in total. The van der Waals surface area contributed by atoms with Crippen molar-refractivity contribution < 1.29 is 13.2 Å². The molecule has 0 spiro atoms. The minimum Gasteiger partial charge on any atom is -0.319 e. The monoisotopic (exact) mass is 273 g/mol. The van der Waals surface area contributed by atoms with Crippen LogP contribution in [0, 0.1) is 0 Å². The van der Waals surface area contributed by atoms with Crippen LogP contribution in [0.4, 0.5) is 18.9 Å². The zero-order chi connectivity index (χ0) is 13.7. The Balaban J connectivity index is 1.71. The van der Waals surface area contributed by atoms with E-state index in [-0.39, 0.29) is 6.54 Å². The SMILES string of the molecule is FC(F)(F)CCN1CCN(Nc2ccccc2)CC1. The number of hydrogen-bond acceptors (Lipinski definition) is 3. The van der Waals surface area contributed by atoms with Gasteiger partial charge < -0.3 is 10.3 Å². The van der Waals surface area contributed by atoms with Crippen LogP contribution in [0.2, 0.25) is 0 Å². The molecule has 0 radical (unpaired) electrons. The number of piperazine rings is 1. The van der Waals surface area contributed by atoms with Gasteiger partial charge in [0.15, 0.2) is 0 Å². The van der Waals surface area contributed by atoms with Crippen LogP contribution in [0.25, 0.3) is 0 Å². The summed E-state index contributed by atoms with van der Waals surface area (Å²) in [5, 5.41) is 2.04. The molecular formula is C13H18F3N3. The molecule has 1 N–H and O–H groups in total. The number of anilines is 1. The summed E-state index contributed by atoms with van der Waals surface area (Å²) in [5.74, 6) is 0. The number of hydrogen-bond donors (Lipinski definition) is 1. The van der Waals surface area contributed by atoms with Crippen molar-refractivity contribution in [2.24, 2.45) is 0 Å². The topological polar surface area (TPSA) is 18.5 Å². The normalized spacial score (nSPS) is 18.5. The van der Waals surface area contributed by atoms with E-state index >= 15 is 0 Å². The lowest BCUT2D eigenvalue weighted by Crippen LogP contribution is -2.49. The summed E-state index contributed by atoms with van der Waals surface area (Å²) < 4.78 is 36.4. The highest BCUT2D eigenvalue weighted by molar-refractivity contribution is 5.41. The zero-order valence-electron chi connectivity index (χ0n) is 10.7. The molecule has 0 unspecified atom stereocenters. The van der Waals surface area contributed by atoms with Gasteiger partial charge in [-0.1, -0.05) is 18.2 Å². The van der Waals surface area contributed by atoms with Gasteiger partial charge in [-0.2, -0.15) is 13.2 Å². The lowest BCUT2D eigenvalue weighted by atomic mass is 10.3. The molecule has 1 aromatic rings. The summed E-state index contributed by atoms with van der Waals surface area (Å²) in [5.41, 5.74) is 4.26. The van der Waals surface area contributed by atoms with E-state index in [0.29, 0.717) is 13.1 Å². The number of rotatable bonds is 4. The Morgan fingerprint density at radius 3 is 2.21 bits per heavy atom. The van der Waals surface area contributed by atoms with Crippen molar-refractivity contribution in [3.05, 3.63) is 30.3 Å². The highest BCUT2D eigenvalue weighted by atomic mass is 19.4. The molecule has 1 fully saturated rings. The molecule has 1 aromatic carbocycles. The number of alkyl halides is 3. The highest BCUT2D eigenvalue weighted by Gasteiger charge is 2.28. The fourth-order valence-corrected chi connectivity index (χ4v) is 2.06. The summed E-state index contributed by atoms with van der Waals surface area (Å²) in [6.45, 7) is 2.88. The predicted octanol–water partition coefficient (Wildman–Crippen LogP) is 2.58. The van der Waals surface area contributed by atoms with Crippen molar-refractivity contribution >= 4 is 5.69 Å². The molecule has 6 heteroatoms. The van der Waals surface area contributed by atoms with E-state index in [0.717, 1.165) is 18.8 Å². The van der Waals surface area contributed by atoms with E-state index in [1.54, 1.807) is 0 Å². The molecular weight excluding hydrogens is 255 g/mol. The molecule has 0 atom stereocenters. The first-order valence-corrected chi connectivity index (χ1v) is 6.39. The van der Waals surface area contributed by atoms with Gasteiger partial charge in [0.05, 0.1) is 6.42 Å². The lowest BCUT2D eigenvalue weighted by Gasteiger charge is -2.35. The van der Waals surface area contributed by atoms with E-state index in [1.165, 1.54) is 0 Å². The van der Waals surface area contributed by atoms with E-state index < -0.39 is 12.6 Å². The Hall–Kier alpha value is -1.27. The van der Waals surface area contributed by atoms with Gasteiger partial charge in [-0.25, -0.2) is 5.01 Å². The molecule has 1 heterocycles. The maximum absolute atomic E-state index is 12.1. The number of nitrogens with zero attached hydrogens (tertiary/aromatic N) is 2. The Kier molecular flexibility index (Phi) is 4.66. The summed E-state index contributed by atoms with van der Waals surface area (Å²) in [6, 6.07) is 9.77. The first-order chi connectivity index (χ1) is 9.03. The van der Waals surface area contributed by atoms with Gasteiger partial charge in [-0.15, -0.1) is 0 Å². The van der Waals surface area contributed by atoms with E-state index in [2.05, 4.69) is 5.43 Å². The van der Waals surface area contributed by atoms with Crippen molar-refractivity contribution in [3.63, 3.8) is 0 Å². The number of benzene rings is 1. The summed E-state index contributed by atoms with van der Waals surface area (Å²) in [7, 11) is 0. The largest absolute Gasteiger partial charge is 0.390 e. The van der Waals surface area contributed by atoms with Crippen LogP contribution in [-0.4, -0.2) is 48.8 Å². The van der Waals surface area contributed by atoms with Gasteiger partial charge in [-0.3, -0.25) is 0 Å². The van der Waals surface area contributed by atoms with Crippen LogP contribution in [0.3, 0.4) is 0 Å². The molecule has 0 aliphatic carbocycles. The van der Waals surface area contributed by atoms with Gasteiger partial charge in [0.2, 0.25) is 0 Å². The average molecular weight is 273 g/mol. The molecule has 0 bridgehead atoms. The van der Waals surface area contributed by atoms with Crippen LogP contribution < -0.4 is 5.43 Å². The minimum atomic E-state index is -4.06. The highest BCUT2D eigenvalue weighted by Crippen LogP contribution is 2.20. The fraction of sp³-hybridized carbons (Fsp3) is 0.538. The Morgan fingerprint density at radius 2 is 1.63 bits per heavy atom. The third-order valence-electron chi connectivity index (χ3n) is 3.14. The van der Waals surface area contributed by atoms with Crippen LogP contribution in [-0.2, 0) is 0 Å². The molecule has 1 aliphatic rings. The molecule has 0 amide bonds. The quantitative estimate of drug-likeness (QED) is 0.909. The van der Waals surface area contributed by atoms with Crippen LogP contribution >= 0.6 is 0 Å². The second-order valence-corrected chi connectivity index (χ2v) is 4.67. The van der Waals surface area contributed by atoms with E-state index in [1.807, 2.05) is 40.2 Å². The zero-order valence-corrected chi connectivity index (χ0v) is 10.7.